The molecule has 1 saturated carbocycles. The lowest BCUT2D eigenvalue weighted by Crippen LogP contribution is -2.65. The first kappa shape index (κ1) is 41.1. The van der Waals surface area contributed by atoms with Gasteiger partial charge >= 0.3 is 0 Å². The van der Waals surface area contributed by atoms with E-state index in [4.69, 9.17) is 24.7 Å². The maximum absolute atomic E-state index is 15.8. The van der Waals surface area contributed by atoms with Crippen molar-refractivity contribution in [3.8, 4) is 23.0 Å². The summed E-state index contributed by atoms with van der Waals surface area (Å²) in [6.45, 7) is 8.02. The molecule has 1 fully saturated rings. The Balaban J connectivity index is 2.01. The number of carbonyl (C=O) groups is 2. The molecule has 0 radical (unpaired) electrons. The summed E-state index contributed by atoms with van der Waals surface area (Å²) in [7, 11) is 6.10. The Morgan fingerprint density at radius 3 is 1.09 bits per heavy atom. The van der Waals surface area contributed by atoms with Gasteiger partial charge in [0.15, 0.2) is 0 Å². The number of nitrogens with zero attached hydrogens (tertiary/aromatic N) is 1. The maximum atomic E-state index is 15.8. The molecule has 0 aliphatic heterocycles. The summed E-state index contributed by atoms with van der Waals surface area (Å²) in [4.78, 5) is 30.9. The average molecular weight is 753 g/mol. The lowest BCUT2D eigenvalue weighted by atomic mass is 9.70. The van der Waals surface area contributed by atoms with E-state index in [0.717, 1.165) is 0 Å². The van der Waals surface area contributed by atoms with Crippen molar-refractivity contribution in [1.29, 1.82) is 0 Å². The van der Waals surface area contributed by atoms with Crippen LogP contribution in [0.2, 0.25) is 0 Å². The molecule has 10 heteroatoms. The fourth-order valence-corrected chi connectivity index (χ4v) is 8.15. The number of primary amides is 1. The smallest absolute Gasteiger partial charge is 0.239 e. The molecule has 4 aromatic carbocycles. The first-order chi connectivity index (χ1) is 26.3. The minimum atomic E-state index is -2.05. The zero-order chi connectivity index (χ0) is 40.1. The van der Waals surface area contributed by atoms with Crippen LogP contribution in [0.4, 0.5) is 0 Å². The number of carbonyl (C=O) groups excluding carboxylic acids is 2. The van der Waals surface area contributed by atoms with Gasteiger partial charge in [-0.2, -0.15) is 0 Å². The Morgan fingerprint density at radius 1 is 0.600 bits per heavy atom. The number of para-hydroxylation sites is 4. The second-order valence-electron chi connectivity index (χ2n) is 15.3. The van der Waals surface area contributed by atoms with E-state index >= 15 is 4.79 Å². The van der Waals surface area contributed by atoms with Gasteiger partial charge < -0.3 is 39.8 Å². The summed E-state index contributed by atoms with van der Waals surface area (Å²) in [6.07, 6.45) is 0.888. The summed E-state index contributed by atoms with van der Waals surface area (Å²) in [5.41, 5.74) is 1.95. The van der Waals surface area contributed by atoms with Crippen molar-refractivity contribution in [2.24, 2.45) is 23.0 Å². The molecule has 0 aromatic heterocycles. The Bertz CT molecular complexity index is 1740. The monoisotopic (exact) mass is 752 g/mol. The zero-order valence-corrected chi connectivity index (χ0v) is 33.2. The molecule has 0 spiro atoms. The van der Waals surface area contributed by atoms with Gasteiger partial charge in [0.05, 0.1) is 40.5 Å². The topological polar surface area (TPSA) is 141 Å². The molecule has 10 nitrogen and oxygen atoms in total. The minimum Gasteiger partial charge on any atom is -0.496 e. The van der Waals surface area contributed by atoms with Gasteiger partial charge in [-0.05, 0) is 61.8 Å². The van der Waals surface area contributed by atoms with Crippen LogP contribution < -0.4 is 24.7 Å². The van der Waals surface area contributed by atoms with Gasteiger partial charge in [0.1, 0.15) is 39.6 Å². The minimum absolute atomic E-state index is 0.120. The van der Waals surface area contributed by atoms with E-state index < -0.39 is 40.5 Å². The van der Waals surface area contributed by atoms with Crippen molar-refractivity contribution in [3.63, 3.8) is 0 Å². The summed E-state index contributed by atoms with van der Waals surface area (Å²) < 4.78 is 23.7. The number of hydrogen-bond donors (Lipinski definition) is 3. The third-order valence-electron chi connectivity index (χ3n) is 11.0. The van der Waals surface area contributed by atoms with Crippen LogP contribution in [0, 0.1) is 17.3 Å². The highest BCUT2D eigenvalue weighted by Crippen LogP contribution is 2.55. The first-order valence-electron chi connectivity index (χ1n) is 18.9. The normalized spacial score (nSPS) is 14.9. The number of benzene rings is 4. The first-order valence-corrected chi connectivity index (χ1v) is 18.9. The lowest BCUT2D eigenvalue weighted by Gasteiger charge is -2.53. The lowest BCUT2D eigenvalue weighted by molar-refractivity contribution is -0.164. The van der Waals surface area contributed by atoms with E-state index in [1.807, 2.05) is 27.7 Å². The Morgan fingerprint density at radius 2 is 0.873 bits per heavy atom. The molecule has 4 aromatic rings. The predicted molar refractivity (Wildman–Crippen MR) is 212 cm³/mol. The number of hydrogen-bond acceptors (Lipinski definition) is 8. The Labute approximate surface area is 325 Å². The van der Waals surface area contributed by atoms with Gasteiger partial charge in [-0.1, -0.05) is 100 Å². The summed E-state index contributed by atoms with van der Waals surface area (Å²) >= 11 is 0. The zero-order valence-electron chi connectivity index (χ0n) is 33.2. The summed E-state index contributed by atoms with van der Waals surface area (Å²) in [6, 6.07) is 26.2. The maximum Gasteiger partial charge on any atom is 0.239 e. The molecule has 0 saturated heterocycles. The van der Waals surface area contributed by atoms with Crippen molar-refractivity contribution >= 4 is 11.8 Å². The van der Waals surface area contributed by atoms with E-state index in [0.29, 0.717) is 45.3 Å². The fraction of sp³-hybridized carbons (Fsp3) is 0.422. The molecule has 1 aliphatic carbocycles. The van der Waals surface area contributed by atoms with Crippen LogP contribution in [0.15, 0.2) is 97.1 Å². The predicted octanol–water partition coefficient (Wildman–Crippen LogP) is 6.82. The fourth-order valence-electron chi connectivity index (χ4n) is 8.15. The molecular formula is C45H56N2O8. The van der Waals surface area contributed by atoms with E-state index in [9.17, 15) is 15.0 Å². The Kier molecular flexibility index (Phi) is 12.5. The van der Waals surface area contributed by atoms with Gasteiger partial charge in [0, 0.05) is 22.3 Å². The van der Waals surface area contributed by atoms with Crippen molar-refractivity contribution in [3.05, 3.63) is 119 Å². The van der Waals surface area contributed by atoms with Crippen molar-refractivity contribution in [2.75, 3.05) is 28.4 Å². The molecule has 4 N–H and O–H groups in total. The average Bonchev–Trinajstić information content (AvgIpc) is 4.02. The van der Waals surface area contributed by atoms with Gasteiger partial charge in [0.25, 0.3) is 0 Å². The largest absolute Gasteiger partial charge is 0.496 e. The third kappa shape index (κ3) is 7.50. The number of ether oxygens (including phenoxy) is 4. The standard InChI is InChI=1S/C45H56N2O8/c1-29(2)27-39(44(50,31-17-9-13-21-35(31)52-5)32-18-10-14-22-36(32)53-6)47(42(49)43(25-26-43)41(46)48)40(28-30(3)4)45(51,33-19-11-15-23-37(33)54-7)34-20-12-16-24-38(34)55-8/h9-24,29-30,39-40,50-51H,25-28H2,1-8H3,(H2,46,48)/t39-,40-/m1/s1. The molecular weight excluding hydrogens is 697 g/mol. The highest BCUT2D eigenvalue weighted by Gasteiger charge is 2.63. The van der Waals surface area contributed by atoms with Gasteiger partial charge in [0.2, 0.25) is 11.8 Å². The van der Waals surface area contributed by atoms with Gasteiger partial charge in [-0.25, -0.2) is 0 Å². The third-order valence-corrected chi connectivity index (χ3v) is 11.0. The number of methoxy groups -OCH3 is 4. The molecule has 2 atom stereocenters. The summed E-state index contributed by atoms with van der Waals surface area (Å²) in [5, 5.41) is 28.0. The highest BCUT2D eigenvalue weighted by molar-refractivity contribution is 6.07. The van der Waals surface area contributed by atoms with Gasteiger partial charge in [-0.3, -0.25) is 9.59 Å². The second-order valence-corrected chi connectivity index (χ2v) is 15.3. The second kappa shape index (κ2) is 16.8. The quantitative estimate of drug-likeness (QED) is 0.0942. The molecule has 1 aliphatic rings. The summed E-state index contributed by atoms with van der Waals surface area (Å²) in [5.74, 6) is -0.0865. The number of amides is 2. The molecule has 0 unspecified atom stereocenters. The van der Waals surface area contributed by atoms with Crippen molar-refractivity contribution in [1.82, 2.24) is 4.90 Å². The molecule has 294 valence electrons. The Hall–Kier alpha value is -5.06. The number of nitrogens with two attached hydrogens (primary N) is 1. The van der Waals surface area contributed by atoms with E-state index in [2.05, 4.69) is 0 Å². The van der Waals surface area contributed by atoms with Crippen molar-refractivity contribution in [2.45, 2.75) is 76.7 Å². The van der Waals surface area contributed by atoms with Crippen molar-refractivity contribution < 1.29 is 38.7 Å². The van der Waals surface area contributed by atoms with Crippen LogP contribution in [0.3, 0.4) is 0 Å². The SMILES string of the molecule is COc1ccccc1C(O)(c1ccccc1OC)[C@@H](CC(C)C)N(C(=O)C1(C(N)=O)CC1)[C@H](CC(C)C)C(O)(c1ccccc1OC)c1ccccc1OC. The molecule has 2 amide bonds. The molecule has 55 heavy (non-hydrogen) atoms. The van der Waals surface area contributed by atoms with E-state index in [-0.39, 0.29) is 37.5 Å². The van der Waals surface area contributed by atoms with Crippen LogP contribution in [0.5, 0.6) is 23.0 Å². The van der Waals surface area contributed by atoms with Crippen LogP contribution >= 0.6 is 0 Å². The van der Waals surface area contributed by atoms with E-state index in [1.165, 1.54) is 28.4 Å². The number of aliphatic hydroxyl groups is 2. The van der Waals surface area contributed by atoms with Gasteiger partial charge in [-0.15, -0.1) is 0 Å². The highest BCUT2D eigenvalue weighted by atomic mass is 16.5. The van der Waals surface area contributed by atoms with E-state index in [1.54, 1.807) is 102 Å². The molecule has 0 heterocycles. The molecule has 5 rings (SSSR count). The van der Waals surface area contributed by atoms with Crippen LogP contribution in [0.1, 0.15) is 75.6 Å². The van der Waals surface area contributed by atoms with Crippen LogP contribution in [-0.2, 0) is 20.8 Å². The van der Waals surface area contributed by atoms with Crippen LogP contribution in [-0.4, -0.2) is 67.5 Å². The molecule has 0 bridgehead atoms. The van der Waals surface area contributed by atoms with Crippen LogP contribution in [0.25, 0.3) is 0 Å². The number of rotatable bonds is 18.